The smallest absolute Gasteiger partial charge is 0.160 e. The molecule has 260 valence electrons. The second-order valence-corrected chi connectivity index (χ2v) is 19.3. The zero-order valence-electron chi connectivity index (χ0n) is 30.9. The molecule has 0 fully saturated rings. The van der Waals surface area contributed by atoms with Gasteiger partial charge in [-0.2, -0.15) is 0 Å². The summed E-state index contributed by atoms with van der Waals surface area (Å²) in [6, 6.07) is 70.1. The van der Waals surface area contributed by atoms with E-state index >= 15 is 0 Å². The average molecular weight is 719 g/mol. The van der Waals surface area contributed by atoms with Crippen LogP contribution in [0.2, 0.25) is 13.1 Å². The summed E-state index contributed by atoms with van der Waals surface area (Å²) >= 11 is 0. The minimum Gasteiger partial charge on any atom is -0.228 e. The Morgan fingerprint density at radius 1 is 0.345 bits per heavy atom. The minimum absolute atomic E-state index is 0.757. The fourth-order valence-corrected chi connectivity index (χ4v) is 11.7. The van der Waals surface area contributed by atoms with E-state index < -0.39 is 8.07 Å². The first-order valence-corrected chi connectivity index (χ1v) is 22.0. The molecule has 0 saturated heterocycles. The second-order valence-electron chi connectivity index (χ2n) is 15.0. The van der Waals surface area contributed by atoms with Gasteiger partial charge in [-0.05, 0) is 102 Å². The van der Waals surface area contributed by atoms with Crippen molar-refractivity contribution in [3.05, 3.63) is 194 Å². The van der Waals surface area contributed by atoms with E-state index in [1.807, 2.05) is 0 Å². The third kappa shape index (κ3) is 5.81. The maximum Gasteiger partial charge on any atom is 0.160 e. The molecule has 0 saturated carbocycles. The van der Waals surface area contributed by atoms with Crippen LogP contribution < -0.4 is 10.4 Å². The summed E-state index contributed by atoms with van der Waals surface area (Å²) in [5.74, 6) is 0.757. The molecule has 0 aliphatic carbocycles. The molecule has 1 aromatic heterocycles. The van der Waals surface area contributed by atoms with Crippen molar-refractivity contribution in [3.63, 3.8) is 0 Å². The van der Waals surface area contributed by atoms with Crippen LogP contribution in [0, 0.1) is 0 Å². The maximum absolute atomic E-state index is 5.39. The molecule has 1 aliphatic heterocycles. The van der Waals surface area contributed by atoms with Crippen LogP contribution in [0.1, 0.15) is 0 Å². The van der Waals surface area contributed by atoms with Crippen LogP contribution in [0.5, 0.6) is 0 Å². The molecule has 8 aromatic carbocycles. The molecule has 0 atom stereocenters. The van der Waals surface area contributed by atoms with Crippen LogP contribution in [0.25, 0.3) is 89.2 Å². The fraction of sp³-hybridized carbons (Fsp3) is 0.0385. The first-order chi connectivity index (χ1) is 27.0. The first-order valence-electron chi connectivity index (χ1n) is 19.0. The van der Waals surface area contributed by atoms with E-state index in [0.717, 1.165) is 39.5 Å². The van der Waals surface area contributed by atoms with Crippen molar-refractivity contribution in [1.29, 1.82) is 0 Å². The summed E-state index contributed by atoms with van der Waals surface area (Å²) in [6.45, 7) is 4.86. The van der Waals surface area contributed by atoms with Crippen LogP contribution in [0.3, 0.4) is 0 Å². The zero-order valence-corrected chi connectivity index (χ0v) is 31.9. The number of nitrogens with zero attached hydrogens (tertiary/aromatic N) is 2. The monoisotopic (exact) mass is 718 g/mol. The minimum atomic E-state index is -2.03. The Balaban J connectivity index is 1.09. The lowest BCUT2D eigenvalue weighted by molar-refractivity contribution is 1.20. The second kappa shape index (κ2) is 13.3. The topological polar surface area (TPSA) is 25.8 Å². The number of benzene rings is 8. The van der Waals surface area contributed by atoms with Gasteiger partial charge < -0.3 is 0 Å². The van der Waals surface area contributed by atoms with E-state index in [2.05, 4.69) is 207 Å². The Morgan fingerprint density at radius 3 is 1.58 bits per heavy atom. The largest absolute Gasteiger partial charge is 0.228 e. The Kier molecular flexibility index (Phi) is 7.97. The SMILES string of the molecule is C[Si]1(C)c2ccccc2-c2nc(-c3cccc(-c4cccc(-c5cc(-c6ccccc6)cc(-c6cccc7ccccc67)c5)c4)c3)nc(-c3ccccc3)c21. The molecule has 0 spiro atoms. The van der Waals surface area contributed by atoms with Crippen molar-refractivity contribution in [2.75, 3.05) is 0 Å². The van der Waals surface area contributed by atoms with Crippen LogP contribution in [-0.2, 0) is 0 Å². The molecular formula is C52H38N2Si. The Morgan fingerprint density at radius 2 is 0.818 bits per heavy atom. The Labute approximate surface area is 323 Å². The number of aromatic nitrogens is 2. The van der Waals surface area contributed by atoms with Gasteiger partial charge in [0.15, 0.2) is 5.82 Å². The molecule has 2 heterocycles. The molecule has 0 bridgehead atoms. The van der Waals surface area contributed by atoms with Crippen molar-refractivity contribution < 1.29 is 0 Å². The van der Waals surface area contributed by atoms with Crippen LogP contribution >= 0.6 is 0 Å². The molecule has 0 unspecified atom stereocenters. The van der Waals surface area contributed by atoms with Crippen molar-refractivity contribution in [2.45, 2.75) is 13.1 Å². The molecule has 3 heteroatoms. The summed E-state index contributed by atoms with van der Waals surface area (Å²) in [5.41, 5.74) is 15.0. The molecule has 55 heavy (non-hydrogen) atoms. The predicted molar refractivity (Wildman–Crippen MR) is 234 cm³/mol. The number of rotatable bonds is 6. The third-order valence-corrected chi connectivity index (χ3v) is 14.7. The lowest BCUT2D eigenvalue weighted by Crippen LogP contribution is -2.50. The first kappa shape index (κ1) is 32.9. The molecule has 0 amide bonds. The van der Waals surface area contributed by atoms with Gasteiger partial charge in [-0.1, -0.05) is 177 Å². The Hall–Kier alpha value is -6.68. The number of hydrogen-bond acceptors (Lipinski definition) is 2. The maximum atomic E-state index is 5.39. The summed E-state index contributed by atoms with van der Waals surface area (Å²) < 4.78 is 0. The van der Waals surface area contributed by atoms with E-state index in [1.165, 1.54) is 60.1 Å². The highest BCUT2D eigenvalue weighted by Gasteiger charge is 2.41. The van der Waals surface area contributed by atoms with E-state index in [4.69, 9.17) is 9.97 Å². The molecular weight excluding hydrogens is 681 g/mol. The number of fused-ring (bicyclic) bond motifs is 4. The summed E-state index contributed by atoms with van der Waals surface area (Å²) in [4.78, 5) is 10.8. The van der Waals surface area contributed by atoms with E-state index in [-0.39, 0.29) is 0 Å². The van der Waals surface area contributed by atoms with Gasteiger partial charge >= 0.3 is 0 Å². The van der Waals surface area contributed by atoms with E-state index in [0.29, 0.717) is 0 Å². The number of hydrogen-bond donors (Lipinski definition) is 0. The van der Waals surface area contributed by atoms with Crippen LogP contribution in [0.4, 0.5) is 0 Å². The summed E-state index contributed by atoms with van der Waals surface area (Å²) in [5, 5.41) is 5.25. The van der Waals surface area contributed by atoms with Crippen molar-refractivity contribution in [1.82, 2.24) is 9.97 Å². The summed E-state index contributed by atoms with van der Waals surface area (Å²) in [6.07, 6.45) is 0. The van der Waals surface area contributed by atoms with Gasteiger partial charge in [0.25, 0.3) is 0 Å². The van der Waals surface area contributed by atoms with Crippen LogP contribution in [0.15, 0.2) is 194 Å². The molecule has 0 N–H and O–H groups in total. The summed E-state index contributed by atoms with van der Waals surface area (Å²) in [7, 11) is -2.03. The lowest BCUT2D eigenvalue weighted by Gasteiger charge is -2.21. The molecule has 10 rings (SSSR count). The highest BCUT2D eigenvalue weighted by Crippen LogP contribution is 2.38. The average Bonchev–Trinajstić information content (AvgIpc) is 3.49. The van der Waals surface area contributed by atoms with Crippen molar-refractivity contribution >= 4 is 29.2 Å². The van der Waals surface area contributed by atoms with Crippen LogP contribution in [-0.4, -0.2) is 18.0 Å². The molecule has 2 nitrogen and oxygen atoms in total. The van der Waals surface area contributed by atoms with E-state index in [9.17, 15) is 0 Å². The lowest BCUT2D eigenvalue weighted by atomic mass is 9.90. The van der Waals surface area contributed by atoms with Gasteiger partial charge in [-0.3, -0.25) is 0 Å². The van der Waals surface area contributed by atoms with Gasteiger partial charge in [-0.15, -0.1) is 0 Å². The van der Waals surface area contributed by atoms with Crippen molar-refractivity contribution in [3.8, 4) is 78.4 Å². The van der Waals surface area contributed by atoms with Gasteiger partial charge in [0, 0.05) is 11.1 Å². The third-order valence-electron chi connectivity index (χ3n) is 11.2. The highest BCUT2D eigenvalue weighted by atomic mass is 28.3. The normalized spacial score (nSPS) is 12.7. The molecule has 0 radical (unpaired) electrons. The van der Waals surface area contributed by atoms with Gasteiger partial charge in [-0.25, -0.2) is 9.97 Å². The molecule has 1 aliphatic rings. The predicted octanol–water partition coefficient (Wildman–Crippen LogP) is 12.4. The standard InChI is InChI=1S/C52H38N2Si/c1-55(2)48-29-12-11-27-47(48)50-51(55)49(37-19-7-4-8-20-37)53-52(54-50)41-25-14-23-39(31-41)38-22-13-24-40(30-38)43-32-42(35-16-5-3-6-17-35)33-44(34-43)46-28-15-21-36-18-9-10-26-45(36)46/h3-34H,1-2H3. The molecule has 9 aromatic rings. The van der Waals surface area contributed by atoms with Gasteiger partial charge in [0.2, 0.25) is 0 Å². The fourth-order valence-electron chi connectivity index (χ4n) is 8.49. The van der Waals surface area contributed by atoms with Crippen molar-refractivity contribution in [2.24, 2.45) is 0 Å². The van der Waals surface area contributed by atoms with Gasteiger partial charge in [0.05, 0.1) is 11.4 Å². The van der Waals surface area contributed by atoms with E-state index in [1.54, 1.807) is 0 Å². The zero-order chi connectivity index (χ0) is 36.9. The Bertz CT molecular complexity index is 2890. The highest BCUT2D eigenvalue weighted by molar-refractivity contribution is 7.04. The van der Waals surface area contributed by atoms with Gasteiger partial charge in [0.1, 0.15) is 8.07 Å². The quantitative estimate of drug-likeness (QED) is 0.160.